The van der Waals surface area contributed by atoms with Crippen LogP contribution in [-0.4, -0.2) is 22.2 Å². The molecule has 3 rings (SSSR count). The maximum atomic E-state index is 5.82. The first kappa shape index (κ1) is 12.0. The van der Waals surface area contributed by atoms with Crippen molar-refractivity contribution in [2.24, 2.45) is 21.0 Å². The van der Waals surface area contributed by atoms with Gasteiger partial charge in [0.05, 0.1) is 5.69 Å². The van der Waals surface area contributed by atoms with E-state index in [1.54, 1.807) is 12.4 Å². The third kappa shape index (κ3) is 2.39. The molecule has 2 heterocycles. The van der Waals surface area contributed by atoms with Crippen molar-refractivity contribution in [1.29, 1.82) is 0 Å². The number of nitrogens with two attached hydrogens (primary N) is 1. The average molecular weight is 264 g/mol. The summed E-state index contributed by atoms with van der Waals surface area (Å²) in [6.45, 7) is 0. The lowest BCUT2D eigenvalue weighted by Gasteiger charge is -2.04. The molecule has 0 spiro atoms. The third-order valence-electron chi connectivity index (χ3n) is 2.73. The molecule has 2 aromatic rings. The number of hydrogen-bond acceptors (Lipinski definition) is 6. The van der Waals surface area contributed by atoms with E-state index in [4.69, 9.17) is 5.73 Å². The number of benzene rings is 1. The molecule has 1 aromatic carbocycles. The van der Waals surface area contributed by atoms with Crippen molar-refractivity contribution < 1.29 is 0 Å². The second-order valence-electron chi connectivity index (χ2n) is 4.11. The lowest BCUT2D eigenvalue weighted by molar-refractivity contribution is 1.25. The van der Waals surface area contributed by atoms with Crippen molar-refractivity contribution >= 4 is 22.9 Å². The highest BCUT2D eigenvalue weighted by Crippen LogP contribution is 2.09. The summed E-state index contributed by atoms with van der Waals surface area (Å²) < 4.78 is 0. The summed E-state index contributed by atoms with van der Waals surface area (Å²) >= 11 is 0. The fourth-order valence-corrected chi connectivity index (χ4v) is 1.76. The number of pyridine rings is 1. The topological polar surface area (TPSA) is 88.0 Å². The molecular formula is C14H12N6. The van der Waals surface area contributed by atoms with Crippen LogP contribution in [0.5, 0.6) is 0 Å². The van der Waals surface area contributed by atoms with E-state index in [0.717, 1.165) is 11.3 Å². The predicted molar refractivity (Wildman–Crippen MR) is 79.9 cm³/mol. The number of amidine groups is 1. The van der Waals surface area contributed by atoms with Gasteiger partial charge < -0.3 is 5.73 Å². The van der Waals surface area contributed by atoms with E-state index in [2.05, 4.69) is 25.7 Å². The standard InChI is InChI=1S/C14H12N6/c15-14-13(19-17-11-6-2-1-3-7-11)12(18-20-14)10-5-4-8-16-9-10/h1-9,17H,(H2,15,19,20). The molecule has 0 bridgehead atoms. The molecule has 1 aliphatic heterocycles. The zero-order valence-corrected chi connectivity index (χ0v) is 10.6. The summed E-state index contributed by atoms with van der Waals surface area (Å²) in [7, 11) is 0. The number of hydrogen-bond donors (Lipinski definition) is 2. The van der Waals surface area contributed by atoms with E-state index in [1.165, 1.54) is 0 Å². The van der Waals surface area contributed by atoms with E-state index in [-0.39, 0.29) is 5.84 Å². The van der Waals surface area contributed by atoms with Gasteiger partial charge in [-0.2, -0.15) is 5.10 Å². The van der Waals surface area contributed by atoms with Crippen LogP contribution in [-0.2, 0) is 0 Å². The Morgan fingerprint density at radius 2 is 1.85 bits per heavy atom. The van der Waals surface area contributed by atoms with Gasteiger partial charge in [0.15, 0.2) is 11.5 Å². The fraction of sp³-hybridized carbons (Fsp3) is 0. The molecule has 20 heavy (non-hydrogen) atoms. The third-order valence-corrected chi connectivity index (χ3v) is 2.73. The van der Waals surface area contributed by atoms with Crippen LogP contribution in [0.15, 0.2) is 70.2 Å². The molecule has 1 aliphatic rings. The highest BCUT2D eigenvalue weighted by Gasteiger charge is 2.21. The molecule has 6 heteroatoms. The Hall–Kier alpha value is -3.02. The van der Waals surface area contributed by atoms with E-state index in [1.807, 2.05) is 42.5 Å². The van der Waals surface area contributed by atoms with Gasteiger partial charge in [-0.05, 0) is 24.3 Å². The highest BCUT2D eigenvalue weighted by atomic mass is 15.3. The Kier molecular flexibility index (Phi) is 3.20. The second-order valence-corrected chi connectivity index (χ2v) is 4.11. The van der Waals surface area contributed by atoms with Gasteiger partial charge in [-0.1, -0.05) is 18.2 Å². The molecule has 0 atom stereocenters. The Labute approximate surface area is 115 Å². The van der Waals surface area contributed by atoms with Crippen LogP contribution >= 0.6 is 0 Å². The Morgan fingerprint density at radius 3 is 2.60 bits per heavy atom. The van der Waals surface area contributed by atoms with Crippen LogP contribution in [0.25, 0.3) is 0 Å². The van der Waals surface area contributed by atoms with Gasteiger partial charge >= 0.3 is 0 Å². The van der Waals surface area contributed by atoms with Gasteiger partial charge in [-0.15, -0.1) is 10.2 Å². The lowest BCUT2D eigenvalue weighted by Crippen LogP contribution is -2.28. The van der Waals surface area contributed by atoms with Crippen LogP contribution in [0, 0.1) is 0 Å². The van der Waals surface area contributed by atoms with Gasteiger partial charge in [-0.25, -0.2) is 0 Å². The van der Waals surface area contributed by atoms with Gasteiger partial charge in [0, 0.05) is 18.0 Å². The minimum atomic E-state index is 0.285. The lowest BCUT2D eigenvalue weighted by atomic mass is 10.1. The number of hydrazone groups is 1. The molecule has 0 saturated carbocycles. The second kappa shape index (κ2) is 5.31. The summed E-state index contributed by atoms with van der Waals surface area (Å²) in [5.74, 6) is 0.285. The average Bonchev–Trinajstić information content (AvgIpc) is 2.88. The zero-order chi connectivity index (χ0) is 13.8. The normalized spacial score (nSPS) is 15.9. The monoisotopic (exact) mass is 264 g/mol. The molecule has 1 aromatic heterocycles. The van der Waals surface area contributed by atoms with Gasteiger partial charge in [0.2, 0.25) is 0 Å². The summed E-state index contributed by atoms with van der Waals surface area (Å²) in [6, 6.07) is 13.3. The number of aromatic nitrogens is 1. The van der Waals surface area contributed by atoms with E-state index < -0.39 is 0 Å². The molecule has 0 radical (unpaired) electrons. The molecule has 6 nitrogen and oxygen atoms in total. The van der Waals surface area contributed by atoms with Crippen molar-refractivity contribution in [2.75, 3.05) is 5.43 Å². The predicted octanol–water partition coefficient (Wildman–Crippen LogP) is 1.62. The largest absolute Gasteiger partial charge is 0.380 e. The molecular weight excluding hydrogens is 252 g/mol. The Bertz CT molecular complexity index is 688. The first-order valence-corrected chi connectivity index (χ1v) is 6.05. The van der Waals surface area contributed by atoms with Gasteiger partial charge in [0.25, 0.3) is 0 Å². The number of rotatable bonds is 3. The molecule has 0 aliphatic carbocycles. The SMILES string of the molecule is NC1=NN=C(c2cccnc2)/C1=N\Nc1ccccc1. The van der Waals surface area contributed by atoms with Crippen molar-refractivity contribution in [3.63, 3.8) is 0 Å². The minimum Gasteiger partial charge on any atom is -0.380 e. The van der Waals surface area contributed by atoms with Crippen LogP contribution in [0.2, 0.25) is 0 Å². The smallest absolute Gasteiger partial charge is 0.176 e. The number of nitrogens with zero attached hydrogens (tertiary/aromatic N) is 4. The van der Waals surface area contributed by atoms with Crippen LogP contribution in [0.4, 0.5) is 5.69 Å². The van der Waals surface area contributed by atoms with Gasteiger partial charge in [0.1, 0.15) is 5.71 Å². The first-order chi connectivity index (χ1) is 9.84. The van der Waals surface area contributed by atoms with Crippen LogP contribution < -0.4 is 11.2 Å². The van der Waals surface area contributed by atoms with Gasteiger partial charge in [-0.3, -0.25) is 10.4 Å². The zero-order valence-electron chi connectivity index (χ0n) is 10.6. The summed E-state index contributed by atoms with van der Waals surface area (Å²) in [5.41, 5.74) is 11.6. The first-order valence-electron chi connectivity index (χ1n) is 6.05. The quantitative estimate of drug-likeness (QED) is 0.826. The van der Waals surface area contributed by atoms with Crippen LogP contribution in [0.3, 0.4) is 0 Å². The highest BCUT2D eigenvalue weighted by molar-refractivity contribution is 6.72. The van der Waals surface area contributed by atoms with Crippen molar-refractivity contribution in [3.8, 4) is 0 Å². The number of para-hydroxylation sites is 1. The fourth-order valence-electron chi connectivity index (χ4n) is 1.76. The summed E-state index contributed by atoms with van der Waals surface area (Å²) in [5, 5.41) is 12.2. The maximum absolute atomic E-state index is 5.82. The Morgan fingerprint density at radius 1 is 1.00 bits per heavy atom. The number of nitrogens with one attached hydrogen (secondary N) is 1. The molecule has 98 valence electrons. The van der Waals surface area contributed by atoms with E-state index in [9.17, 15) is 0 Å². The van der Waals surface area contributed by atoms with Crippen LogP contribution in [0.1, 0.15) is 5.56 Å². The van der Waals surface area contributed by atoms with Crippen molar-refractivity contribution in [1.82, 2.24) is 4.98 Å². The van der Waals surface area contributed by atoms with E-state index >= 15 is 0 Å². The molecule has 0 amide bonds. The molecule has 0 saturated heterocycles. The Balaban J connectivity index is 1.87. The molecule has 3 N–H and O–H groups in total. The minimum absolute atomic E-state index is 0.285. The van der Waals surface area contributed by atoms with Crippen molar-refractivity contribution in [2.45, 2.75) is 0 Å². The van der Waals surface area contributed by atoms with Crippen molar-refractivity contribution in [3.05, 3.63) is 60.4 Å². The van der Waals surface area contributed by atoms with E-state index in [0.29, 0.717) is 11.4 Å². The molecule has 0 unspecified atom stereocenters. The maximum Gasteiger partial charge on any atom is 0.176 e. The molecule has 0 fully saturated rings. The summed E-state index contributed by atoms with van der Waals surface area (Å²) in [6.07, 6.45) is 3.40. The summed E-state index contributed by atoms with van der Waals surface area (Å²) in [4.78, 5) is 4.06. The number of anilines is 1.